The van der Waals surface area contributed by atoms with E-state index in [4.69, 9.17) is 13.7 Å². The van der Waals surface area contributed by atoms with Gasteiger partial charge in [-0.3, -0.25) is 9.78 Å². The first-order valence-electron chi connectivity index (χ1n) is 6.58. The van der Waals surface area contributed by atoms with Gasteiger partial charge in [0.1, 0.15) is 18.9 Å². The van der Waals surface area contributed by atoms with Crippen molar-refractivity contribution in [3.05, 3.63) is 54.7 Å². The highest BCUT2D eigenvalue weighted by molar-refractivity contribution is 5.91. The molecule has 3 aromatic rings. The summed E-state index contributed by atoms with van der Waals surface area (Å²) < 4.78 is 15.6. The van der Waals surface area contributed by atoms with Crippen LogP contribution < -0.4 is 5.32 Å². The van der Waals surface area contributed by atoms with Gasteiger partial charge in [0.15, 0.2) is 11.5 Å². The molecule has 3 heterocycles. The van der Waals surface area contributed by atoms with E-state index in [-0.39, 0.29) is 19.1 Å². The van der Waals surface area contributed by atoms with Gasteiger partial charge in [0, 0.05) is 12.3 Å². The Morgan fingerprint density at radius 3 is 3.05 bits per heavy atom. The van der Waals surface area contributed by atoms with Gasteiger partial charge in [-0.15, -0.1) is 0 Å². The van der Waals surface area contributed by atoms with E-state index in [0.717, 1.165) is 0 Å². The first-order chi connectivity index (χ1) is 10.8. The topological polar surface area (TPSA) is 90.4 Å². The Labute approximate surface area is 125 Å². The Morgan fingerprint density at radius 1 is 1.32 bits per heavy atom. The summed E-state index contributed by atoms with van der Waals surface area (Å²) in [6.45, 7) is 0.0554. The van der Waals surface area contributed by atoms with Crippen LogP contribution in [0, 0.1) is 0 Å². The van der Waals surface area contributed by atoms with Crippen LogP contribution in [0.2, 0.25) is 0 Å². The van der Waals surface area contributed by atoms with E-state index in [0.29, 0.717) is 22.9 Å². The average Bonchev–Trinajstić information content (AvgIpc) is 3.19. The molecule has 0 aliphatic heterocycles. The Hall–Kier alpha value is -2.93. The van der Waals surface area contributed by atoms with Crippen molar-refractivity contribution < 1.29 is 18.5 Å². The van der Waals surface area contributed by atoms with Gasteiger partial charge in [-0.05, 0) is 24.3 Å². The maximum Gasteiger partial charge on any atom is 0.250 e. The van der Waals surface area contributed by atoms with Crippen molar-refractivity contribution in [3.63, 3.8) is 0 Å². The fraction of sp³-hybridized carbons (Fsp3) is 0.133. The van der Waals surface area contributed by atoms with E-state index < -0.39 is 0 Å². The Balaban J connectivity index is 1.46. The van der Waals surface area contributed by atoms with E-state index >= 15 is 0 Å². The minimum Gasteiger partial charge on any atom is -0.463 e. The number of pyridine rings is 1. The number of nitrogens with zero attached hydrogens (tertiary/aromatic N) is 2. The maximum atomic E-state index is 11.7. The maximum absolute atomic E-state index is 11.7. The third-order valence-electron chi connectivity index (χ3n) is 2.76. The van der Waals surface area contributed by atoms with E-state index in [2.05, 4.69) is 15.5 Å². The molecular formula is C15H13N3O4. The number of nitrogens with one attached hydrogen (secondary N) is 1. The minimum absolute atomic E-state index is 0.0916. The van der Waals surface area contributed by atoms with E-state index in [9.17, 15) is 4.79 Å². The van der Waals surface area contributed by atoms with Gasteiger partial charge in [0.05, 0.1) is 18.1 Å². The van der Waals surface area contributed by atoms with Gasteiger partial charge >= 0.3 is 0 Å². The molecule has 0 aromatic carbocycles. The van der Waals surface area contributed by atoms with Crippen LogP contribution in [-0.4, -0.2) is 22.7 Å². The molecule has 0 fully saturated rings. The van der Waals surface area contributed by atoms with Crippen LogP contribution in [0.5, 0.6) is 0 Å². The van der Waals surface area contributed by atoms with Crippen molar-refractivity contribution in [1.29, 1.82) is 0 Å². The molecule has 112 valence electrons. The van der Waals surface area contributed by atoms with Crippen LogP contribution in [0.3, 0.4) is 0 Å². The molecule has 3 rings (SSSR count). The van der Waals surface area contributed by atoms with Crippen molar-refractivity contribution in [2.24, 2.45) is 0 Å². The lowest BCUT2D eigenvalue weighted by molar-refractivity contribution is -0.121. The lowest BCUT2D eigenvalue weighted by Gasteiger charge is -2.04. The number of hydrogen-bond donors (Lipinski definition) is 1. The quantitative estimate of drug-likeness (QED) is 0.752. The zero-order chi connectivity index (χ0) is 15.2. The van der Waals surface area contributed by atoms with Gasteiger partial charge in [-0.2, -0.15) is 0 Å². The highest BCUT2D eigenvalue weighted by Crippen LogP contribution is 2.19. The number of carbonyl (C=O) groups excluding carboxylic acids is 1. The Bertz CT molecular complexity index is 722. The van der Waals surface area contributed by atoms with Crippen LogP contribution in [0.15, 0.2) is 57.9 Å². The average molecular weight is 299 g/mol. The molecule has 0 spiro atoms. The van der Waals surface area contributed by atoms with Crippen molar-refractivity contribution in [2.75, 3.05) is 11.9 Å². The number of ether oxygens (including phenoxy) is 1. The molecule has 0 radical (unpaired) electrons. The zero-order valence-electron chi connectivity index (χ0n) is 11.6. The van der Waals surface area contributed by atoms with Crippen molar-refractivity contribution in [2.45, 2.75) is 6.61 Å². The number of amides is 1. The van der Waals surface area contributed by atoms with Crippen LogP contribution >= 0.6 is 0 Å². The standard InChI is InChI=1S/C15H13N3O4/c19-15(17-11-3-1-5-16-8-11)10-20-9-12-7-13(18-22-12)14-4-2-6-21-14/h1-8H,9-10H2,(H,17,19). The molecule has 7 heteroatoms. The summed E-state index contributed by atoms with van der Waals surface area (Å²) in [6, 6.07) is 8.74. The van der Waals surface area contributed by atoms with Gasteiger partial charge < -0.3 is 19.0 Å². The van der Waals surface area contributed by atoms with Crippen molar-refractivity contribution in [3.8, 4) is 11.5 Å². The molecule has 1 N–H and O–H groups in total. The lowest BCUT2D eigenvalue weighted by atomic mass is 10.3. The van der Waals surface area contributed by atoms with Crippen molar-refractivity contribution in [1.82, 2.24) is 10.1 Å². The monoisotopic (exact) mass is 299 g/mol. The second-order valence-corrected chi connectivity index (χ2v) is 4.44. The van der Waals surface area contributed by atoms with Gasteiger partial charge in [0.25, 0.3) is 0 Å². The normalized spacial score (nSPS) is 10.5. The summed E-state index contributed by atoms with van der Waals surface area (Å²) in [5.74, 6) is 0.865. The van der Waals surface area contributed by atoms with E-state index in [1.54, 1.807) is 49.0 Å². The Morgan fingerprint density at radius 2 is 2.27 bits per heavy atom. The predicted octanol–water partition coefficient (Wildman–Crippen LogP) is 2.48. The highest BCUT2D eigenvalue weighted by Gasteiger charge is 2.09. The first kappa shape index (κ1) is 14.0. The molecule has 0 unspecified atom stereocenters. The second kappa shape index (κ2) is 6.68. The van der Waals surface area contributed by atoms with Gasteiger partial charge in [-0.1, -0.05) is 5.16 Å². The second-order valence-electron chi connectivity index (χ2n) is 4.44. The highest BCUT2D eigenvalue weighted by atomic mass is 16.5. The van der Waals surface area contributed by atoms with Crippen LogP contribution in [0.25, 0.3) is 11.5 Å². The largest absolute Gasteiger partial charge is 0.463 e. The summed E-state index contributed by atoms with van der Waals surface area (Å²) in [7, 11) is 0. The molecule has 22 heavy (non-hydrogen) atoms. The number of hydrogen-bond acceptors (Lipinski definition) is 6. The summed E-state index contributed by atoms with van der Waals surface area (Å²) in [4.78, 5) is 15.6. The first-order valence-corrected chi connectivity index (χ1v) is 6.58. The Kier molecular flexibility index (Phi) is 4.26. The molecule has 1 amide bonds. The number of anilines is 1. The van der Waals surface area contributed by atoms with Gasteiger partial charge in [-0.25, -0.2) is 0 Å². The molecule has 0 bridgehead atoms. The summed E-state index contributed by atoms with van der Waals surface area (Å²) in [5.41, 5.74) is 1.21. The predicted molar refractivity (Wildman–Crippen MR) is 76.7 cm³/mol. The fourth-order valence-electron chi connectivity index (χ4n) is 1.80. The molecular weight excluding hydrogens is 286 g/mol. The molecule has 0 saturated heterocycles. The molecule has 0 aliphatic rings. The molecule has 0 saturated carbocycles. The SMILES string of the molecule is O=C(COCc1cc(-c2ccco2)no1)Nc1cccnc1. The molecule has 7 nitrogen and oxygen atoms in total. The summed E-state index contributed by atoms with van der Waals surface area (Å²) >= 11 is 0. The molecule has 0 aliphatic carbocycles. The van der Waals surface area contributed by atoms with Gasteiger partial charge in [0.2, 0.25) is 5.91 Å². The number of aromatic nitrogens is 2. The number of carbonyl (C=O) groups is 1. The smallest absolute Gasteiger partial charge is 0.250 e. The van der Waals surface area contributed by atoms with Crippen LogP contribution in [-0.2, 0) is 16.1 Å². The van der Waals surface area contributed by atoms with E-state index in [1.807, 2.05) is 0 Å². The fourth-order valence-corrected chi connectivity index (χ4v) is 1.80. The zero-order valence-corrected chi connectivity index (χ0v) is 11.6. The van der Waals surface area contributed by atoms with E-state index in [1.165, 1.54) is 0 Å². The molecule has 0 atom stereocenters. The number of furan rings is 1. The number of rotatable bonds is 6. The molecule has 3 aromatic heterocycles. The third-order valence-corrected chi connectivity index (χ3v) is 2.76. The summed E-state index contributed by atoms with van der Waals surface area (Å²) in [6.07, 6.45) is 4.75. The third kappa shape index (κ3) is 3.58. The van der Waals surface area contributed by atoms with Crippen LogP contribution in [0.4, 0.5) is 5.69 Å². The van der Waals surface area contributed by atoms with Crippen LogP contribution in [0.1, 0.15) is 5.76 Å². The minimum atomic E-state index is -0.265. The van der Waals surface area contributed by atoms with Crippen molar-refractivity contribution >= 4 is 11.6 Å². The lowest BCUT2D eigenvalue weighted by Crippen LogP contribution is -2.18. The summed E-state index contributed by atoms with van der Waals surface area (Å²) in [5, 5.41) is 6.53.